The number of hydrogen-bond acceptors (Lipinski definition) is 4. The standard InChI is InChI=1S/C20H26N2O2S/c1-6-8-22(20(23)7-2)11-17-13-25-19(21-17)12-24-18-10-14(3)9-15(4)16(18)5/h6,9-10,13H,1,7-8,11-12H2,2-5H3. The smallest absolute Gasteiger partial charge is 0.222 e. The molecule has 0 fully saturated rings. The second kappa shape index (κ2) is 8.81. The maximum Gasteiger partial charge on any atom is 0.222 e. The van der Waals surface area contributed by atoms with Crippen LogP contribution in [0.1, 0.15) is 40.7 Å². The van der Waals surface area contributed by atoms with Crippen LogP contribution in [0.25, 0.3) is 0 Å². The average Bonchev–Trinajstić information content (AvgIpc) is 3.03. The van der Waals surface area contributed by atoms with Crippen LogP contribution < -0.4 is 4.74 Å². The molecule has 1 amide bonds. The summed E-state index contributed by atoms with van der Waals surface area (Å²) in [5.74, 6) is 1.01. The van der Waals surface area contributed by atoms with Crippen molar-refractivity contribution in [2.24, 2.45) is 0 Å². The number of nitrogens with zero attached hydrogens (tertiary/aromatic N) is 2. The molecule has 134 valence electrons. The SMILES string of the molecule is C=CCN(Cc1csc(COc2cc(C)cc(C)c2C)n1)C(=O)CC. The Bertz CT molecular complexity index is 752. The molecule has 0 aliphatic heterocycles. The minimum atomic E-state index is 0.108. The highest BCUT2D eigenvalue weighted by Crippen LogP contribution is 2.24. The van der Waals surface area contributed by atoms with Crippen molar-refractivity contribution in [2.75, 3.05) is 6.54 Å². The number of amides is 1. The van der Waals surface area contributed by atoms with Gasteiger partial charge >= 0.3 is 0 Å². The van der Waals surface area contributed by atoms with E-state index < -0.39 is 0 Å². The fourth-order valence-electron chi connectivity index (χ4n) is 2.61. The molecule has 0 saturated carbocycles. The van der Waals surface area contributed by atoms with Gasteiger partial charge in [-0.25, -0.2) is 4.98 Å². The first-order valence-corrected chi connectivity index (χ1v) is 9.35. The lowest BCUT2D eigenvalue weighted by atomic mass is 10.1. The predicted molar refractivity (Wildman–Crippen MR) is 103 cm³/mol. The number of ether oxygens (including phenoxy) is 1. The molecular weight excluding hydrogens is 332 g/mol. The topological polar surface area (TPSA) is 42.4 Å². The van der Waals surface area contributed by atoms with E-state index in [1.54, 1.807) is 22.3 Å². The van der Waals surface area contributed by atoms with Gasteiger partial charge in [-0.3, -0.25) is 4.79 Å². The van der Waals surface area contributed by atoms with E-state index in [0.717, 1.165) is 22.0 Å². The second-order valence-corrected chi connectivity index (χ2v) is 7.09. The molecular formula is C20H26N2O2S. The molecule has 5 heteroatoms. The number of carbonyl (C=O) groups is 1. The molecule has 0 aliphatic carbocycles. The van der Waals surface area contributed by atoms with Gasteiger partial charge in [0, 0.05) is 18.3 Å². The van der Waals surface area contributed by atoms with Crippen molar-refractivity contribution >= 4 is 17.2 Å². The Kier molecular flexibility index (Phi) is 6.76. The zero-order valence-corrected chi connectivity index (χ0v) is 16.3. The largest absolute Gasteiger partial charge is 0.486 e. The molecule has 1 aromatic carbocycles. The van der Waals surface area contributed by atoms with Gasteiger partial charge in [-0.1, -0.05) is 19.1 Å². The summed E-state index contributed by atoms with van der Waals surface area (Å²) < 4.78 is 5.97. The lowest BCUT2D eigenvalue weighted by Crippen LogP contribution is -2.30. The lowest BCUT2D eigenvalue weighted by Gasteiger charge is -2.19. The first-order chi connectivity index (χ1) is 11.9. The van der Waals surface area contributed by atoms with Crippen molar-refractivity contribution in [3.8, 4) is 5.75 Å². The van der Waals surface area contributed by atoms with Gasteiger partial charge in [-0.15, -0.1) is 17.9 Å². The van der Waals surface area contributed by atoms with E-state index in [-0.39, 0.29) is 5.91 Å². The van der Waals surface area contributed by atoms with E-state index in [0.29, 0.717) is 26.1 Å². The summed E-state index contributed by atoms with van der Waals surface area (Å²) in [6.45, 7) is 13.3. The third-order valence-corrected chi connectivity index (χ3v) is 4.94. The summed E-state index contributed by atoms with van der Waals surface area (Å²) in [6, 6.07) is 4.21. The molecule has 0 saturated heterocycles. The molecule has 2 aromatic rings. The van der Waals surface area contributed by atoms with Crippen molar-refractivity contribution in [3.63, 3.8) is 0 Å². The fourth-order valence-corrected chi connectivity index (χ4v) is 3.30. The molecule has 0 bridgehead atoms. The summed E-state index contributed by atoms with van der Waals surface area (Å²) >= 11 is 1.56. The maximum atomic E-state index is 12.0. The molecule has 1 aromatic heterocycles. The molecule has 0 atom stereocenters. The van der Waals surface area contributed by atoms with Crippen LogP contribution in [-0.4, -0.2) is 22.3 Å². The summed E-state index contributed by atoms with van der Waals surface area (Å²) in [7, 11) is 0. The van der Waals surface area contributed by atoms with E-state index >= 15 is 0 Å². The number of hydrogen-bond donors (Lipinski definition) is 0. The summed E-state index contributed by atoms with van der Waals surface area (Å²) in [5.41, 5.74) is 4.47. The first-order valence-electron chi connectivity index (χ1n) is 8.47. The Morgan fingerprint density at radius 2 is 2.12 bits per heavy atom. The molecule has 0 aliphatic rings. The molecule has 0 radical (unpaired) electrons. The Morgan fingerprint density at radius 1 is 1.36 bits per heavy atom. The van der Waals surface area contributed by atoms with Gasteiger partial charge in [0.2, 0.25) is 5.91 Å². The monoisotopic (exact) mass is 358 g/mol. The van der Waals surface area contributed by atoms with Crippen LogP contribution in [0.5, 0.6) is 5.75 Å². The first kappa shape index (κ1) is 19.2. The van der Waals surface area contributed by atoms with Gasteiger partial charge in [0.25, 0.3) is 0 Å². The van der Waals surface area contributed by atoms with Crippen LogP contribution in [0.3, 0.4) is 0 Å². The number of aryl methyl sites for hydroxylation is 2. The Hall–Kier alpha value is -2.14. The quantitative estimate of drug-likeness (QED) is 0.649. The number of aromatic nitrogens is 1. The van der Waals surface area contributed by atoms with Crippen LogP contribution in [0.4, 0.5) is 0 Å². The normalized spacial score (nSPS) is 10.6. The van der Waals surface area contributed by atoms with Gasteiger partial charge < -0.3 is 9.64 Å². The summed E-state index contributed by atoms with van der Waals surface area (Å²) in [6.07, 6.45) is 2.23. The van der Waals surface area contributed by atoms with E-state index in [2.05, 4.69) is 44.5 Å². The number of rotatable bonds is 8. The minimum Gasteiger partial charge on any atom is -0.486 e. The van der Waals surface area contributed by atoms with Crippen LogP contribution in [-0.2, 0) is 17.9 Å². The van der Waals surface area contributed by atoms with Crippen molar-refractivity contribution < 1.29 is 9.53 Å². The van der Waals surface area contributed by atoms with Crippen molar-refractivity contribution in [1.29, 1.82) is 0 Å². The Morgan fingerprint density at radius 3 is 2.80 bits per heavy atom. The summed E-state index contributed by atoms with van der Waals surface area (Å²) in [5, 5.41) is 2.91. The third-order valence-electron chi connectivity index (χ3n) is 4.07. The highest BCUT2D eigenvalue weighted by atomic mass is 32.1. The van der Waals surface area contributed by atoms with Crippen LogP contribution >= 0.6 is 11.3 Å². The molecule has 0 spiro atoms. The molecule has 0 unspecified atom stereocenters. The maximum absolute atomic E-state index is 12.0. The van der Waals surface area contributed by atoms with Crippen LogP contribution in [0, 0.1) is 20.8 Å². The van der Waals surface area contributed by atoms with Crippen LogP contribution in [0.2, 0.25) is 0 Å². The fraction of sp³-hybridized carbons (Fsp3) is 0.400. The molecule has 2 rings (SSSR count). The lowest BCUT2D eigenvalue weighted by molar-refractivity contribution is -0.130. The molecule has 25 heavy (non-hydrogen) atoms. The highest BCUT2D eigenvalue weighted by Gasteiger charge is 2.13. The van der Waals surface area contributed by atoms with Gasteiger partial charge in [0.15, 0.2) is 0 Å². The Balaban J connectivity index is 2.02. The number of benzene rings is 1. The van der Waals surface area contributed by atoms with E-state index in [1.165, 1.54) is 11.1 Å². The zero-order chi connectivity index (χ0) is 18.4. The number of thiazole rings is 1. The van der Waals surface area contributed by atoms with E-state index in [4.69, 9.17) is 4.74 Å². The van der Waals surface area contributed by atoms with Crippen molar-refractivity contribution in [2.45, 2.75) is 47.3 Å². The molecule has 4 nitrogen and oxygen atoms in total. The van der Waals surface area contributed by atoms with Crippen molar-refractivity contribution in [3.05, 3.63) is 57.6 Å². The minimum absolute atomic E-state index is 0.108. The zero-order valence-electron chi connectivity index (χ0n) is 15.5. The van der Waals surface area contributed by atoms with Crippen molar-refractivity contribution in [1.82, 2.24) is 9.88 Å². The van der Waals surface area contributed by atoms with Gasteiger partial charge in [-0.05, 0) is 43.5 Å². The predicted octanol–water partition coefficient (Wildman–Crippen LogP) is 4.57. The second-order valence-electron chi connectivity index (χ2n) is 6.14. The van der Waals surface area contributed by atoms with E-state index in [1.807, 2.05) is 12.3 Å². The van der Waals surface area contributed by atoms with Gasteiger partial charge in [0.1, 0.15) is 17.4 Å². The molecule has 1 heterocycles. The Labute approximate surface area is 154 Å². The summed E-state index contributed by atoms with van der Waals surface area (Å²) in [4.78, 5) is 18.3. The van der Waals surface area contributed by atoms with Gasteiger partial charge in [0.05, 0.1) is 12.2 Å². The average molecular weight is 359 g/mol. The highest BCUT2D eigenvalue weighted by molar-refractivity contribution is 7.09. The molecule has 0 N–H and O–H groups in total. The number of carbonyl (C=O) groups excluding carboxylic acids is 1. The van der Waals surface area contributed by atoms with Crippen LogP contribution in [0.15, 0.2) is 30.2 Å². The van der Waals surface area contributed by atoms with E-state index in [9.17, 15) is 4.79 Å². The van der Waals surface area contributed by atoms with Gasteiger partial charge in [-0.2, -0.15) is 0 Å². The third kappa shape index (κ3) is 5.16.